The van der Waals surface area contributed by atoms with Gasteiger partial charge in [0.2, 0.25) is 11.8 Å². The second-order valence-corrected chi connectivity index (χ2v) is 6.01. The first kappa shape index (κ1) is 18.4. The molecule has 140 valence electrons. The van der Waals surface area contributed by atoms with Crippen LogP contribution in [-0.4, -0.2) is 23.3 Å². The van der Waals surface area contributed by atoms with Crippen LogP contribution in [0.2, 0.25) is 0 Å². The van der Waals surface area contributed by atoms with Crippen LogP contribution in [0.5, 0.6) is 0 Å². The van der Waals surface area contributed by atoms with E-state index in [1.165, 1.54) is 17.0 Å². The van der Waals surface area contributed by atoms with Gasteiger partial charge in [0.1, 0.15) is 5.82 Å². The number of benzene rings is 2. The van der Waals surface area contributed by atoms with Crippen LogP contribution in [0.15, 0.2) is 30.3 Å². The van der Waals surface area contributed by atoms with E-state index in [0.29, 0.717) is 24.2 Å². The fourth-order valence-electron chi connectivity index (χ4n) is 3.11. The Balaban J connectivity index is 0.000000156. The van der Waals surface area contributed by atoms with Gasteiger partial charge in [0.25, 0.3) is 5.69 Å². The molecular formula is C18H15F2N3O4. The van der Waals surface area contributed by atoms with Gasteiger partial charge in [-0.05, 0) is 24.1 Å². The summed E-state index contributed by atoms with van der Waals surface area (Å²) in [6.07, 6.45) is 0.328. The molecule has 27 heavy (non-hydrogen) atoms. The molecule has 9 heteroatoms. The SMILES string of the molecule is CCN1C(=O)Cc2cccc(F)c21.O=C1Cc2cc([N+](=O)[O-])cc(F)c2N1. The molecule has 0 aromatic heterocycles. The number of halogens is 2. The van der Waals surface area contributed by atoms with E-state index in [0.717, 1.165) is 11.6 Å². The summed E-state index contributed by atoms with van der Waals surface area (Å²) in [6.45, 7) is 2.38. The molecule has 0 aliphatic carbocycles. The third-order valence-corrected chi connectivity index (χ3v) is 4.28. The standard InChI is InChI=1S/C10H10FNO.C8H5FN2O3/c1-2-12-9(13)6-7-4-3-5-8(11)10(7)12;9-6-3-5(11(13)14)1-4-2-7(12)10-8(4)6/h3-5H,2,6H2,1H3;1,3H,2H2,(H,10,12). The maximum absolute atomic E-state index is 13.3. The zero-order valence-electron chi connectivity index (χ0n) is 14.3. The number of likely N-dealkylation sites (N-methyl/N-ethyl adjacent to an activating group) is 1. The maximum atomic E-state index is 13.3. The lowest BCUT2D eigenvalue weighted by molar-refractivity contribution is -0.385. The summed E-state index contributed by atoms with van der Waals surface area (Å²) >= 11 is 0. The molecule has 2 amide bonds. The second kappa shape index (κ2) is 7.10. The molecule has 2 aromatic rings. The van der Waals surface area contributed by atoms with Crippen LogP contribution in [0.25, 0.3) is 0 Å². The molecule has 0 saturated heterocycles. The first-order valence-electron chi connectivity index (χ1n) is 8.16. The number of nitrogens with one attached hydrogen (secondary N) is 1. The number of non-ortho nitro benzene ring substituents is 1. The Morgan fingerprint density at radius 1 is 1.15 bits per heavy atom. The topological polar surface area (TPSA) is 92.5 Å². The van der Waals surface area contributed by atoms with Gasteiger partial charge in [-0.1, -0.05) is 12.1 Å². The first-order valence-corrected chi connectivity index (χ1v) is 8.16. The summed E-state index contributed by atoms with van der Waals surface area (Å²) in [7, 11) is 0. The van der Waals surface area contributed by atoms with E-state index in [1.807, 2.05) is 6.92 Å². The van der Waals surface area contributed by atoms with Gasteiger partial charge in [0, 0.05) is 12.6 Å². The molecule has 0 spiro atoms. The number of amides is 2. The number of para-hydroxylation sites is 1. The van der Waals surface area contributed by atoms with Gasteiger partial charge in [-0.25, -0.2) is 8.78 Å². The summed E-state index contributed by atoms with van der Waals surface area (Å²) < 4.78 is 26.5. The molecule has 2 aliphatic heterocycles. The van der Waals surface area contributed by atoms with Crippen LogP contribution in [-0.2, 0) is 22.4 Å². The van der Waals surface area contributed by atoms with Crippen molar-refractivity contribution >= 4 is 28.9 Å². The number of nitro groups is 1. The lowest BCUT2D eigenvalue weighted by atomic mass is 10.1. The number of anilines is 2. The van der Waals surface area contributed by atoms with Gasteiger partial charge >= 0.3 is 0 Å². The smallest absolute Gasteiger partial charge is 0.272 e. The molecule has 0 atom stereocenters. The van der Waals surface area contributed by atoms with Gasteiger partial charge in [-0.2, -0.15) is 0 Å². The summed E-state index contributed by atoms with van der Waals surface area (Å²) in [5, 5.41) is 12.7. The molecule has 0 saturated carbocycles. The third-order valence-electron chi connectivity index (χ3n) is 4.28. The zero-order valence-corrected chi connectivity index (χ0v) is 14.3. The Kier molecular flexibility index (Phi) is 4.85. The van der Waals surface area contributed by atoms with E-state index < -0.39 is 10.7 Å². The number of hydrogen-bond donors (Lipinski definition) is 1. The first-order chi connectivity index (χ1) is 12.8. The Bertz CT molecular complexity index is 962. The van der Waals surface area contributed by atoms with Gasteiger partial charge < -0.3 is 10.2 Å². The number of carbonyl (C=O) groups excluding carboxylic acids is 2. The van der Waals surface area contributed by atoms with Crippen molar-refractivity contribution in [3.8, 4) is 0 Å². The predicted octanol–water partition coefficient (Wildman–Crippen LogP) is 2.96. The van der Waals surface area contributed by atoms with Crippen LogP contribution >= 0.6 is 0 Å². The molecule has 2 aromatic carbocycles. The fraction of sp³-hybridized carbons (Fsp3) is 0.222. The van der Waals surface area contributed by atoms with E-state index in [4.69, 9.17) is 0 Å². The highest BCUT2D eigenvalue weighted by molar-refractivity contribution is 6.01. The summed E-state index contributed by atoms with van der Waals surface area (Å²) in [6, 6.07) is 6.83. The maximum Gasteiger partial charge on any atom is 0.272 e. The highest BCUT2D eigenvalue weighted by Gasteiger charge is 2.28. The van der Waals surface area contributed by atoms with E-state index in [-0.39, 0.29) is 35.4 Å². The van der Waals surface area contributed by atoms with Crippen molar-refractivity contribution in [1.29, 1.82) is 0 Å². The average Bonchev–Trinajstić information content (AvgIpc) is 3.14. The van der Waals surface area contributed by atoms with Crippen molar-refractivity contribution in [2.45, 2.75) is 19.8 Å². The monoisotopic (exact) mass is 375 g/mol. The van der Waals surface area contributed by atoms with Crippen molar-refractivity contribution in [3.63, 3.8) is 0 Å². The third kappa shape index (κ3) is 3.48. The minimum atomic E-state index is -0.764. The second-order valence-electron chi connectivity index (χ2n) is 6.01. The molecule has 0 fully saturated rings. The Labute approximate surface area is 152 Å². The fourth-order valence-corrected chi connectivity index (χ4v) is 3.11. The summed E-state index contributed by atoms with van der Waals surface area (Å²) in [5.74, 6) is -1.42. The van der Waals surface area contributed by atoms with Gasteiger partial charge in [0.15, 0.2) is 5.82 Å². The normalized spacial score (nSPS) is 14.3. The van der Waals surface area contributed by atoms with E-state index in [9.17, 15) is 28.5 Å². The molecule has 2 heterocycles. The van der Waals surface area contributed by atoms with E-state index >= 15 is 0 Å². The van der Waals surface area contributed by atoms with Crippen molar-refractivity contribution in [1.82, 2.24) is 0 Å². The van der Waals surface area contributed by atoms with Gasteiger partial charge in [-0.3, -0.25) is 19.7 Å². The summed E-state index contributed by atoms with van der Waals surface area (Å²) in [5.41, 5.74) is 1.32. The van der Waals surface area contributed by atoms with E-state index in [1.54, 1.807) is 12.1 Å². The van der Waals surface area contributed by atoms with Gasteiger partial charge in [-0.15, -0.1) is 0 Å². The molecular weight excluding hydrogens is 360 g/mol. The highest BCUT2D eigenvalue weighted by atomic mass is 19.1. The van der Waals surface area contributed by atoms with Crippen molar-refractivity contribution in [2.75, 3.05) is 16.8 Å². The summed E-state index contributed by atoms with van der Waals surface area (Å²) in [4.78, 5) is 33.4. The molecule has 0 bridgehead atoms. The number of nitrogens with zero attached hydrogens (tertiary/aromatic N) is 2. The van der Waals surface area contributed by atoms with Gasteiger partial charge in [0.05, 0.1) is 35.2 Å². The average molecular weight is 375 g/mol. The van der Waals surface area contributed by atoms with Crippen LogP contribution in [0, 0.1) is 21.7 Å². The van der Waals surface area contributed by atoms with Crippen molar-refractivity contribution < 1.29 is 23.3 Å². The Morgan fingerprint density at radius 2 is 1.89 bits per heavy atom. The molecule has 0 unspecified atom stereocenters. The number of hydrogen-bond acceptors (Lipinski definition) is 4. The number of rotatable bonds is 2. The number of fused-ring (bicyclic) bond motifs is 2. The van der Waals surface area contributed by atoms with Crippen molar-refractivity contribution in [3.05, 3.63) is 63.2 Å². The Hall–Kier alpha value is -3.36. The quantitative estimate of drug-likeness (QED) is 0.645. The lowest BCUT2D eigenvalue weighted by Gasteiger charge is -2.14. The predicted molar refractivity (Wildman–Crippen MR) is 93.5 cm³/mol. The minimum absolute atomic E-state index is 0.00602. The van der Waals surface area contributed by atoms with Crippen molar-refractivity contribution in [2.24, 2.45) is 0 Å². The molecule has 2 aliphatic rings. The number of nitro benzene ring substituents is 1. The van der Waals surface area contributed by atoms with Crippen LogP contribution in [0.1, 0.15) is 18.1 Å². The molecule has 0 radical (unpaired) electrons. The molecule has 7 nitrogen and oxygen atoms in total. The largest absolute Gasteiger partial charge is 0.323 e. The molecule has 1 N–H and O–H groups in total. The zero-order chi connectivity index (χ0) is 19.7. The Morgan fingerprint density at radius 3 is 2.56 bits per heavy atom. The van der Waals surface area contributed by atoms with Crippen LogP contribution < -0.4 is 10.2 Å². The van der Waals surface area contributed by atoms with E-state index in [2.05, 4.69) is 5.32 Å². The highest BCUT2D eigenvalue weighted by Crippen LogP contribution is 2.31. The lowest BCUT2D eigenvalue weighted by Crippen LogP contribution is -2.26. The van der Waals surface area contributed by atoms with Crippen LogP contribution in [0.3, 0.4) is 0 Å². The van der Waals surface area contributed by atoms with Crippen LogP contribution in [0.4, 0.5) is 25.8 Å². The minimum Gasteiger partial charge on any atom is -0.323 e. The number of carbonyl (C=O) groups is 2. The molecule has 4 rings (SSSR count).